The van der Waals surface area contributed by atoms with Gasteiger partial charge in [0.15, 0.2) is 4.80 Å². The van der Waals surface area contributed by atoms with Crippen molar-refractivity contribution in [2.45, 2.75) is 13.5 Å². The van der Waals surface area contributed by atoms with E-state index in [4.69, 9.17) is 9.47 Å². The summed E-state index contributed by atoms with van der Waals surface area (Å²) in [4.78, 5) is 19.7. The van der Waals surface area contributed by atoms with Crippen LogP contribution in [0.5, 0.6) is 11.5 Å². The van der Waals surface area contributed by atoms with Gasteiger partial charge in [-0.05, 0) is 43.3 Å². The Balaban J connectivity index is 2.13. The van der Waals surface area contributed by atoms with Crippen LogP contribution in [-0.4, -0.2) is 38.8 Å². The van der Waals surface area contributed by atoms with Crippen LogP contribution in [0.4, 0.5) is 5.69 Å². The van der Waals surface area contributed by atoms with Crippen molar-refractivity contribution in [3.05, 3.63) is 46.8 Å². The maximum absolute atomic E-state index is 12.7. The zero-order valence-corrected chi connectivity index (χ0v) is 17.0. The van der Waals surface area contributed by atoms with Crippen molar-refractivity contribution in [2.75, 3.05) is 33.2 Å². The molecule has 27 heavy (non-hydrogen) atoms. The van der Waals surface area contributed by atoms with Gasteiger partial charge in [0.05, 0.1) is 14.2 Å². The molecule has 0 radical (unpaired) electrons. The van der Waals surface area contributed by atoms with E-state index in [1.807, 2.05) is 54.8 Å². The topological polar surface area (TPSA) is 56.1 Å². The molecular weight excluding hydrogens is 362 g/mol. The van der Waals surface area contributed by atoms with E-state index in [-0.39, 0.29) is 5.91 Å². The minimum absolute atomic E-state index is 0.271. The lowest BCUT2D eigenvalue weighted by Gasteiger charge is -2.11. The van der Waals surface area contributed by atoms with E-state index in [1.165, 1.54) is 11.3 Å². The lowest BCUT2D eigenvalue weighted by molar-refractivity contribution is 0.0998. The van der Waals surface area contributed by atoms with Gasteiger partial charge in [-0.1, -0.05) is 11.3 Å². The van der Waals surface area contributed by atoms with Crippen molar-refractivity contribution >= 4 is 33.1 Å². The van der Waals surface area contributed by atoms with E-state index in [2.05, 4.69) is 4.99 Å². The molecule has 2 aromatic carbocycles. The van der Waals surface area contributed by atoms with E-state index < -0.39 is 0 Å². The highest BCUT2D eigenvalue weighted by molar-refractivity contribution is 7.16. The predicted molar refractivity (Wildman–Crippen MR) is 109 cm³/mol. The molecule has 3 rings (SSSR count). The number of amides is 1. The Morgan fingerprint density at radius 1 is 1.07 bits per heavy atom. The number of fused-ring (bicyclic) bond motifs is 1. The number of hydrogen-bond donors (Lipinski definition) is 0. The first-order chi connectivity index (χ1) is 13.0. The molecule has 0 aliphatic carbocycles. The molecule has 1 amide bonds. The fraction of sp³-hybridized carbons (Fsp3) is 0.300. The summed E-state index contributed by atoms with van der Waals surface area (Å²) in [5.74, 6) is 1.20. The van der Waals surface area contributed by atoms with Crippen LogP contribution in [0.25, 0.3) is 10.2 Å². The molecule has 6 nitrogen and oxygen atoms in total. The molecule has 0 fully saturated rings. The lowest BCUT2D eigenvalue weighted by Crippen LogP contribution is -2.16. The van der Waals surface area contributed by atoms with Crippen molar-refractivity contribution in [3.8, 4) is 11.5 Å². The van der Waals surface area contributed by atoms with E-state index in [0.29, 0.717) is 16.9 Å². The van der Waals surface area contributed by atoms with E-state index in [9.17, 15) is 4.79 Å². The minimum atomic E-state index is -0.271. The van der Waals surface area contributed by atoms with Crippen molar-refractivity contribution in [2.24, 2.45) is 4.99 Å². The number of aromatic nitrogens is 1. The third-order valence-electron chi connectivity index (χ3n) is 4.34. The van der Waals surface area contributed by atoms with Crippen LogP contribution in [0.15, 0.2) is 41.4 Å². The number of carbonyl (C=O) groups is 1. The van der Waals surface area contributed by atoms with Gasteiger partial charge in [-0.2, -0.15) is 4.99 Å². The van der Waals surface area contributed by atoms with Crippen molar-refractivity contribution < 1.29 is 14.3 Å². The number of thiazole rings is 1. The maximum atomic E-state index is 12.7. The average Bonchev–Trinajstić information content (AvgIpc) is 3.05. The predicted octanol–water partition coefficient (Wildman–Crippen LogP) is 3.55. The monoisotopic (exact) mass is 385 g/mol. The Morgan fingerprint density at radius 2 is 1.70 bits per heavy atom. The van der Waals surface area contributed by atoms with Crippen LogP contribution in [0.2, 0.25) is 0 Å². The van der Waals surface area contributed by atoms with Gasteiger partial charge in [0.2, 0.25) is 0 Å². The molecule has 0 unspecified atom stereocenters. The third-order valence-corrected chi connectivity index (χ3v) is 5.43. The highest BCUT2D eigenvalue weighted by atomic mass is 32.1. The number of aryl methyl sites for hydroxylation is 1. The van der Waals surface area contributed by atoms with Crippen molar-refractivity contribution in [1.29, 1.82) is 0 Å². The summed E-state index contributed by atoms with van der Waals surface area (Å²) in [5, 5.41) is 0. The van der Waals surface area contributed by atoms with Gasteiger partial charge in [-0.25, -0.2) is 0 Å². The highest BCUT2D eigenvalue weighted by Crippen LogP contribution is 2.35. The summed E-state index contributed by atoms with van der Waals surface area (Å²) in [5.41, 5.74) is 2.48. The second-order valence-electron chi connectivity index (χ2n) is 6.13. The van der Waals surface area contributed by atoms with E-state index >= 15 is 0 Å². The molecule has 0 saturated heterocycles. The summed E-state index contributed by atoms with van der Waals surface area (Å²) < 4.78 is 13.9. The Kier molecular flexibility index (Phi) is 5.51. The second-order valence-corrected chi connectivity index (χ2v) is 7.11. The van der Waals surface area contributed by atoms with Gasteiger partial charge in [0.25, 0.3) is 5.91 Å². The summed E-state index contributed by atoms with van der Waals surface area (Å²) in [6.45, 7) is 2.68. The summed E-state index contributed by atoms with van der Waals surface area (Å²) in [7, 11) is 7.19. The van der Waals surface area contributed by atoms with E-state index in [1.54, 1.807) is 26.4 Å². The first kappa shape index (κ1) is 19.0. The minimum Gasteiger partial charge on any atom is -0.495 e. The molecule has 142 valence electrons. The Bertz CT molecular complexity index is 1030. The van der Waals surface area contributed by atoms with Gasteiger partial charge in [0.1, 0.15) is 21.7 Å². The molecule has 3 aromatic rings. The smallest absolute Gasteiger partial charge is 0.279 e. The molecule has 0 atom stereocenters. The van der Waals surface area contributed by atoms with Crippen LogP contribution in [0.3, 0.4) is 0 Å². The zero-order valence-electron chi connectivity index (χ0n) is 16.1. The number of nitrogens with zero attached hydrogens (tertiary/aromatic N) is 3. The Hall–Kier alpha value is -2.80. The van der Waals surface area contributed by atoms with Gasteiger partial charge >= 0.3 is 0 Å². The number of rotatable bonds is 5. The molecular formula is C20H23N3O3S. The second kappa shape index (κ2) is 7.84. The van der Waals surface area contributed by atoms with Crippen molar-refractivity contribution in [1.82, 2.24) is 4.57 Å². The van der Waals surface area contributed by atoms with Crippen molar-refractivity contribution in [3.63, 3.8) is 0 Å². The molecule has 0 bridgehead atoms. The summed E-state index contributed by atoms with van der Waals surface area (Å²) in [6, 6.07) is 11.1. The van der Waals surface area contributed by atoms with Crippen LogP contribution in [-0.2, 0) is 6.54 Å². The number of methoxy groups -OCH3 is 2. The van der Waals surface area contributed by atoms with Gasteiger partial charge < -0.3 is 18.9 Å². The number of ether oxygens (including phenoxy) is 2. The van der Waals surface area contributed by atoms with Crippen LogP contribution >= 0.6 is 11.3 Å². The first-order valence-electron chi connectivity index (χ1n) is 8.60. The Labute approximate surface area is 162 Å². The molecule has 0 aliphatic heterocycles. The van der Waals surface area contributed by atoms with Crippen LogP contribution < -0.4 is 19.2 Å². The fourth-order valence-electron chi connectivity index (χ4n) is 2.89. The molecule has 1 aromatic heterocycles. The molecule has 1 heterocycles. The van der Waals surface area contributed by atoms with E-state index in [0.717, 1.165) is 27.4 Å². The van der Waals surface area contributed by atoms with Gasteiger partial charge in [-0.15, -0.1) is 0 Å². The number of hydrogen-bond acceptors (Lipinski definition) is 5. The standard InChI is InChI=1S/C20H23N3O3S/c1-6-23-17-15(25-4)11-12-16(26-5)18(17)27-20(23)21-19(24)13-7-9-14(10-8-13)22(2)3/h7-12H,6H2,1-5H3. The molecule has 0 spiro atoms. The molecule has 0 N–H and O–H groups in total. The molecule has 0 saturated carbocycles. The highest BCUT2D eigenvalue weighted by Gasteiger charge is 2.16. The molecule has 7 heteroatoms. The summed E-state index contributed by atoms with van der Waals surface area (Å²) in [6.07, 6.45) is 0. The third kappa shape index (κ3) is 3.55. The van der Waals surface area contributed by atoms with Crippen LogP contribution in [0, 0.1) is 0 Å². The number of carbonyl (C=O) groups excluding carboxylic acids is 1. The number of benzene rings is 2. The SMILES string of the molecule is CCn1c(=NC(=O)c2ccc(N(C)C)cc2)sc2c(OC)ccc(OC)c21. The summed E-state index contributed by atoms with van der Waals surface area (Å²) >= 11 is 1.42. The Morgan fingerprint density at radius 3 is 2.26 bits per heavy atom. The normalized spacial score (nSPS) is 11.7. The molecule has 0 aliphatic rings. The van der Waals surface area contributed by atoms with Gasteiger partial charge in [-0.3, -0.25) is 4.79 Å². The maximum Gasteiger partial charge on any atom is 0.279 e. The largest absolute Gasteiger partial charge is 0.495 e. The van der Waals surface area contributed by atoms with Crippen LogP contribution in [0.1, 0.15) is 17.3 Å². The number of anilines is 1. The van der Waals surface area contributed by atoms with Gasteiger partial charge in [0, 0.05) is 31.9 Å². The first-order valence-corrected chi connectivity index (χ1v) is 9.42. The lowest BCUT2D eigenvalue weighted by atomic mass is 10.2. The quantitative estimate of drug-likeness (QED) is 0.674. The zero-order chi connectivity index (χ0) is 19.6. The fourth-order valence-corrected chi connectivity index (χ4v) is 4.09. The average molecular weight is 385 g/mol.